The summed E-state index contributed by atoms with van der Waals surface area (Å²) in [5.41, 5.74) is 0.589. The van der Waals surface area contributed by atoms with Crippen molar-refractivity contribution in [3.05, 3.63) is 51.3 Å². The van der Waals surface area contributed by atoms with Crippen LogP contribution in [0.25, 0.3) is 0 Å². The highest BCUT2D eigenvalue weighted by Crippen LogP contribution is 2.27. The Kier molecular flexibility index (Phi) is 6.62. The minimum Gasteiger partial charge on any atom is -0.359 e. The van der Waals surface area contributed by atoms with Crippen molar-refractivity contribution >= 4 is 35.0 Å². The van der Waals surface area contributed by atoms with Gasteiger partial charge < -0.3 is 14.7 Å². The number of rotatable bonds is 8. The van der Waals surface area contributed by atoms with Gasteiger partial charge in [-0.3, -0.25) is 9.59 Å². The van der Waals surface area contributed by atoms with E-state index < -0.39 is 0 Å². The minimum atomic E-state index is -0.260. The van der Waals surface area contributed by atoms with Crippen LogP contribution in [0.2, 0.25) is 10.0 Å². The number of hydrogen-bond donors (Lipinski definition) is 1. The molecule has 0 spiro atoms. The number of benzene rings is 1. The highest BCUT2D eigenvalue weighted by atomic mass is 35.5. The van der Waals surface area contributed by atoms with Crippen LogP contribution in [0, 0.1) is 11.8 Å². The Hall–Kier alpha value is -2.05. The third kappa shape index (κ3) is 5.49. The number of carbonyl (C=O) groups is 2. The Morgan fingerprint density at radius 3 is 2.68 bits per heavy atom. The van der Waals surface area contributed by atoms with Crippen LogP contribution in [0.4, 0.5) is 0 Å². The van der Waals surface area contributed by atoms with E-state index in [1.807, 2.05) is 13.8 Å². The second-order valence-electron chi connectivity index (χ2n) is 7.54. The summed E-state index contributed by atoms with van der Waals surface area (Å²) in [6.07, 6.45) is 2.31. The number of nitrogens with one attached hydrogen (secondary N) is 1. The topological polar surface area (TPSA) is 75.4 Å². The molecule has 1 aromatic heterocycles. The number of nitrogens with zero attached hydrogens (tertiary/aromatic N) is 2. The van der Waals surface area contributed by atoms with E-state index in [0.717, 1.165) is 12.8 Å². The van der Waals surface area contributed by atoms with Crippen molar-refractivity contribution in [1.29, 1.82) is 0 Å². The summed E-state index contributed by atoms with van der Waals surface area (Å²) in [6.45, 7) is 5.39. The summed E-state index contributed by atoms with van der Waals surface area (Å²) < 4.78 is 5.30. The summed E-state index contributed by atoms with van der Waals surface area (Å²) in [5, 5.41) is 7.45. The van der Waals surface area contributed by atoms with Gasteiger partial charge in [0.15, 0.2) is 11.5 Å². The van der Waals surface area contributed by atoms with Crippen molar-refractivity contribution in [2.75, 3.05) is 13.1 Å². The van der Waals surface area contributed by atoms with E-state index in [1.54, 1.807) is 29.2 Å². The Morgan fingerprint density at radius 1 is 1.29 bits per heavy atom. The molecule has 1 saturated carbocycles. The van der Waals surface area contributed by atoms with E-state index in [9.17, 15) is 9.59 Å². The van der Waals surface area contributed by atoms with E-state index in [1.165, 1.54) is 0 Å². The maximum Gasteiger partial charge on any atom is 0.273 e. The van der Waals surface area contributed by atoms with E-state index in [-0.39, 0.29) is 30.0 Å². The van der Waals surface area contributed by atoms with E-state index >= 15 is 0 Å². The summed E-state index contributed by atoms with van der Waals surface area (Å²) in [6, 6.07) is 6.36. The third-order valence-electron chi connectivity index (χ3n) is 4.42. The van der Waals surface area contributed by atoms with Gasteiger partial charge >= 0.3 is 0 Å². The Balaban J connectivity index is 1.71. The molecule has 1 aliphatic rings. The molecule has 6 nitrogen and oxygen atoms in total. The number of halogens is 2. The predicted molar refractivity (Wildman–Crippen MR) is 108 cm³/mol. The summed E-state index contributed by atoms with van der Waals surface area (Å²) in [5.74, 6) is 0.768. The predicted octanol–water partition coefficient (Wildman–Crippen LogP) is 4.42. The Labute approximate surface area is 174 Å². The van der Waals surface area contributed by atoms with E-state index in [2.05, 4.69) is 10.5 Å². The van der Waals surface area contributed by atoms with Crippen LogP contribution < -0.4 is 5.32 Å². The largest absolute Gasteiger partial charge is 0.359 e. The molecule has 28 heavy (non-hydrogen) atoms. The quantitative estimate of drug-likeness (QED) is 0.681. The summed E-state index contributed by atoms with van der Waals surface area (Å²) in [4.78, 5) is 26.8. The SMILES string of the molecule is CC(C)CN(Cc1cc(C(=O)NCC2CC2)no1)C(=O)c1ccc(Cl)cc1Cl. The fourth-order valence-electron chi connectivity index (χ4n) is 2.83. The minimum absolute atomic E-state index is 0.193. The molecule has 150 valence electrons. The first-order valence-electron chi connectivity index (χ1n) is 9.31. The van der Waals surface area contributed by atoms with Gasteiger partial charge in [-0.2, -0.15) is 0 Å². The maximum absolute atomic E-state index is 13.0. The van der Waals surface area contributed by atoms with Gasteiger partial charge in [0.25, 0.3) is 11.8 Å². The van der Waals surface area contributed by atoms with Crippen LogP contribution in [0.3, 0.4) is 0 Å². The van der Waals surface area contributed by atoms with Crippen molar-refractivity contribution in [2.24, 2.45) is 11.8 Å². The van der Waals surface area contributed by atoms with Gasteiger partial charge in [0.1, 0.15) is 0 Å². The van der Waals surface area contributed by atoms with Crippen LogP contribution >= 0.6 is 23.2 Å². The second-order valence-corrected chi connectivity index (χ2v) is 8.38. The van der Waals surface area contributed by atoms with Crippen LogP contribution in [-0.2, 0) is 6.54 Å². The van der Waals surface area contributed by atoms with Crippen LogP contribution in [0.1, 0.15) is 53.3 Å². The van der Waals surface area contributed by atoms with Crippen molar-refractivity contribution in [3.8, 4) is 0 Å². The van der Waals surface area contributed by atoms with Crippen LogP contribution in [-0.4, -0.2) is 35.0 Å². The summed E-state index contributed by atoms with van der Waals surface area (Å²) in [7, 11) is 0. The van der Waals surface area contributed by atoms with Crippen molar-refractivity contribution in [3.63, 3.8) is 0 Å². The first-order valence-corrected chi connectivity index (χ1v) is 10.1. The zero-order chi connectivity index (χ0) is 20.3. The van der Waals surface area contributed by atoms with E-state index in [0.29, 0.717) is 40.4 Å². The monoisotopic (exact) mass is 423 g/mol. The van der Waals surface area contributed by atoms with Crippen molar-refractivity contribution in [2.45, 2.75) is 33.2 Å². The van der Waals surface area contributed by atoms with Gasteiger partial charge in [-0.15, -0.1) is 0 Å². The lowest BCUT2D eigenvalue weighted by Crippen LogP contribution is -2.33. The Bertz CT molecular complexity index is 862. The molecule has 0 aliphatic heterocycles. The van der Waals surface area contributed by atoms with Gasteiger partial charge in [-0.25, -0.2) is 0 Å². The average Bonchev–Trinajstić information content (AvgIpc) is 3.35. The van der Waals surface area contributed by atoms with Crippen molar-refractivity contribution < 1.29 is 14.1 Å². The third-order valence-corrected chi connectivity index (χ3v) is 4.97. The lowest BCUT2D eigenvalue weighted by molar-refractivity contribution is 0.0705. The molecule has 2 aromatic rings. The first-order chi connectivity index (χ1) is 13.3. The molecule has 0 bridgehead atoms. The fourth-order valence-corrected chi connectivity index (χ4v) is 3.31. The first kappa shape index (κ1) is 20.7. The van der Waals surface area contributed by atoms with Crippen LogP contribution in [0.5, 0.6) is 0 Å². The molecular weight excluding hydrogens is 401 g/mol. The zero-order valence-electron chi connectivity index (χ0n) is 15.9. The number of amides is 2. The van der Waals surface area contributed by atoms with Gasteiger partial charge in [0, 0.05) is 24.2 Å². The maximum atomic E-state index is 13.0. The molecule has 2 amide bonds. The smallest absolute Gasteiger partial charge is 0.273 e. The Morgan fingerprint density at radius 2 is 2.04 bits per heavy atom. The molecule has 1 aromatic carbocycles. The molecule has 1 heterocycles. The van der Waals surface area contributed by atoms with Gasteiger partial charge in [0.2, 0.25) is 0 Å². The van der Waals surface area contributed by atoms with Crippen molar-refractivity contribution in [1.82, 2.24) is 15.4 Å². The second kappa shape index (κ2) is 8.97. The normalized spacial score (nSPS) is 13.6. The fraction of sp³-hybridized carbons (Fsp3) is 0.450. The van der Waals surface area contributed by atoms with Gasteiger partial charge in [-0.05, 0) is 42.9 Å². The highest BCUT2D eigenvalue weighted by Gasteiger charge is 2.24. The molecule has 1 N–H and O–H groups in total. The highest BCUT2D eigenvalue weighted by molar-refractivity contribution is 6.36. The summed E-state index contributed by atoms with van der Waals surface area (Å²) >= 11 is 12.1. The number of aromatic nitrogens is 1. The molecule has 1 fully saturated rings. The lowest BCUT2D eigenvalue weighted by Gasteiger charge is -2.24. The number of hydrogen-bond acceptors (Lipinski definition) is 4. The van der Waals surface area contributed by atoms with Gasteiger partial charge in [0.05, 0.1) is 17.1 Å². The lowest BCUT2D eigenvalue weighted by atomic mass is 10.1. The molecule has 0 saturated heterocycles. The molecule has 8 heteroatoms. The molecular formula is C20H23Cl2N3O3. The van der Waals surface area contributed by atoms with E-state index in [4.69, 9.17) is 27.7 Å². The molecule has 3 rings (SSSR count). The molecule has 1 aliphatic carbocycles. The van der Waals surface area contributed by atoms with Crippen LogP contribution in [0.15, 0.2) is 28.8 Å². The number of carbonyl (C=O) groups excluding carboxylic acids is 2. The molecule has 0 radical (unpaired) electrons. The van der Waals surface area contributed by atoms with Gasteiger partial charge in [-0.1, -0.05) is 42.2 Å². The standard InChI is InChI=1S/C20H23Cl2N3O3/c1-12(2)10-25(20(27)16-6-5-14(21)7-17(16)22)11-15-8-18(24-28-15)19(26)23-9-13-3-4-13/h5-8,12-13H,3-4,9-11H2,1-2H3,(H,23,26). The molecule has 0 unspecified atom stereocenters. The zero-order valence-corrected chi connectivity index (χ0v) is 17.4. The average molecular weight is 424 g/mol. The molecule has 0 atom stereocenters.